The zero-order chi connectivity index (χ0) is 16.6. The van der Waals surface area contributed by atoms with Gasteiger partial charge in [0.1, 0.15) is 12.0 Å². The standard InChI is InChI=1S/C16H17BrN2O4/c17-11-4-1-2-5-12(11)19-9-7-10(15(19)21)14(20)18-8-3-6-13(18)16(22)23/h1-2,4-5,10,13H,3,6-9H2,(H,22,23)/t10-,13+/m0/s1. The molecule has 2 fully saturated rings. The summed E-state index contributed by atoms with van der Waals surface area (Å²) in [4.78, 5) is 39.5. The van der Waals surface area contributed by atoms with Crippen molar-refractivity contribution in [2.24, 2.45) is 5.92 Å². The molecule has 2 amide bonds. The number of benzene rings is 1. The van der Waals surface area contributed by atoms with Gasteiger partial charge < -0.3 is 14.9 Å². The van der Waals surface area contributed by atoms with Gasteiger partial charge in [-0.3, -0.25) is 9.59 Å². The van der Waals surface area contributed by atoms with E-state index >= 15 is 0 Å². The number of hydrogen-bond donors (Lipinski definition) is 1. The Morgan fingerprint density at radius 2 is 1.91 bits per heavy atom. The van der Waals surface area contributed by atoms with E-state index in [1.807, 2.05) is 24.3 Å². The van der Waals surface area contributed by atoms with Crippen LogP contribution in [0.2, 0.25) is 0 Å². The second-order valence-corrected chi connectivity index (χ2v) is 6.66. The Labute approximate surface area is 142 Å². The zero-order valence-electron chi connectivity index (χ0n) is 12.4. The van der Waals surface area contributed by atoms with Crippen molar-refractivity contribution in [3.8, 4) is 0 Å². The molecule has 0 bridgehead atoms. The second kappa shape index (κ2) is 6.31. The molecule has 1 N–H and O–H groups in total. The number of nitrogens with zero attached hydrogens (tertiary/aromatic N) is 2. The largest absolute Gasteiger partial charge is 0.480 e. The van der Waals surface area contributed by atoms with Crippen LogP contribution in [-0.4, -0.2) is 46.9 Å². The number of anilines is 1. The van der Waals surface area contributed by atoms with Gasteiger partial charge >= 0.3 is 5.97 Å². The van der Waals surface area contributed by atoms with Crippen molar-refractivity contribution in [3.05, 3.63) is 28.7 Å². The third-order valence-electron chi connectivity index (χ3n) is 4.47. The molecule has 3 rings (SSSR count). The molecule has 2 aliphatic rings. The molecule has 0 aromatic heterocycles. The van der Waals surface area contributed by atoms with Crippen LogP contribution in [0.4, 0.5) is 5.69 Å². The number of hydrogen-bond acceptors (Lipinski definition) is 3. The maximum absolute atomic E-state index is 12.6. The molecule has 0 radical (unpaired) electrons. The highest BCUT2D eigenvalue weighted by molar-refractivity contribution is 9.10. The Balaban J connectivity index is 1.78. The van der Waals surface area contributed by atoms with Crippen LogP contribution in [0.1, 0.15) is 19.3 Å². The molecule has 23 heavy (non-hydrogen) atoms. The van der Waals surface area contributed by atoms with E-state index < -0.39 is 17.9 Å². The molecule has 1 aromatic carbocycles. The van der Waals surface area contributed by atoms with Crippen LogP contribution in [0.15, 0.2) is 28.7 Å². The quantitative estimate of drug-likeness (QED) is 0.812. The molecule has 2 aliphatic heterocycles. The minimum Gasteiger partial charge on any atom is -0.480 e. The van der Waals surface area contributed by atoms with Gasteiger partial charge in [0.2, 0.25) is 11.8 Å². The van der Waals surface area contributed by atoms with Crippen LogP contribution < -0.4 is 4.90 Å². The summed E-state index contributed by atoms with van der Waals surface area (Å²) in [5.74, 6) is -2.38. The van der Waals surface area contributed by atoms with Crippen molar-refractivity contribution in [3.63, 3.8) is 0 Å². The second-order valence-electron chi connectivity index (χ2n) is 5.81. The molecule has 2 atom stereocenters. The van der Waals surface area contributed by atoms with Gasteiger partial charge in [-0.25, -0.2) is 4.79 Å². The van der Waals surface area contributed by atoms with E-state index in [4.69, 9.17) is 0 Å². The summed E-state index contributed by atoms with van der Waals surface area (Å²) in [6.45, 7) is 0.873. The number of rotatable bonds is 3. The Kier molecular flexibility index (Phi) is 4.39. The van der Waals surface area contributed by atoms with Gasteiger partial charge in [-0.05, 0) is 47.3 Å². The molecule has 1 aromatic rings. The molecule has 0 spiro atoms. The molecule has 0 aliphatic carbocycles. The average Bonchev–Trinajstić information content (AvgIpc) is 3.14. The van der Waals surface area contributed by atoms with Gasteiger partial charge in [0, 0.05) is 17.6 Å². The topological polar surface area (TPSA) is 77.9 Å². The van der Waals surface area contributed by atoms with Crippen LogP contribution in [0.25, 0.3) is 0 Å². The molecule has 2 saturated heterocycles. The molecular formula is C16H17BrN2O4. The lowest BCUT2D eigenvalue weighted by Gasteiger charge is -2.24. The summed E-state index contributed by atoms with van der Waals surface area (Å²) in [5.41, 5.74) is 0.740. The van der Waals surface area contributed by atoms with Crippen molar-refractivity contribution in [1.82, 2.24) is 4.90 Å². The number of likely N-dealkylation sites (tertiary alicyclic amines) is 1. The van der Waals surface area contributed by atoms with Crippen molar-refractivity contribution >= 4 is 39.4 Å². The number of carbonyl (C=O) groups is 3. The van der Waals surface area contributed by atoms with Crippen LogP contribution in [0.5, 0.6) is 0 Å². The summed E-state index contributed by atoms with van der Waals surface area (Å²) in [6.07, 6.45) is 1.54. The molecule has 7 heteroatoms. The predicted octanol–water partition coefficient (Wildman–Crippen LogP) is 1.88. The third kappa shape index (κ3) is 2.85. The van der Waals surface area contributed by atoms with Crippen LogP contribution in [0.3, 0.4) is 0 Å². The first kappa shape index (κ1) is 16.0. The number of carboxylic acids is 1. The number of carboxylic acid groups (broad SMARTS) is 1. The first-order valence-electron chi connectivity index (χ1n) is 7.60. The molecule has 0 unspecified atom stereocenters. The SMILES string of the molecule is O=C(O)[C@H]1CCCN1C(=O)[C@@H]1CCN(c2ccccc2Br)C1=O. The van der Waals surface area contributed by atoms with Crippen LogP contribution in [0, 0.1) is 5.92 Å². The Morgan fingerprint density at radius 1 is 1.17 bits per heavy atom. The number of amides is 2. The normalized spacial score (nSPS) is 24.3. The van der Waals surface area contributed by atoms with Crippen molar-refractivity contribution in [2.75, 3.05) is 18.0 Å². The number of carbonyl (C=O) groups excluding carboxylic acids is 2. The van der Waals surface area contributed by atoms with E-state index in [1.54, 1.807) is 4.90 Å². The van der Waals surface area contributed by atoms with Gasteiger partial charge in [0.15, 0.2) is 0 Å². The number of halogens is 1. The Hall–Kier alpha value is -1.89. The first-order valence-corrected chi connectivity index (χ1v) is 8.39. The highest BCUT2D eigenvalue weighted by Crippen LogP contribution is 2.33. The van der Waals surface area contributed by atoms with Crippen molar-refractivity contribution in [1.29, 1.82) is 0 Å². The van der Waals surface area contributed by atoms with Crippen LogP contribution in [-0.2, 0) is 14.4 Å². The molecule has 6 nitrogen and oxygen atoms in total. The third-order valence-corrected chi connectivity index (χ3v) is 5.14. The van der Waals surface area contributed by atoms with Gasteiger partial charge in [0.25, 0.3) is 0 Å². The van der Waals surface area contributed by atoms with Gasteiger partial charge in [0.05, 0.1) is 5.69 Å². The zero-order valence-corrected chi connectivity index (χ0v) is 14.0. The van der Waals surface area contributed by atoms with E-state index in [2.05, 4.69) is 15.9 Å². The highest BCUT2D eigenvalue weighted by Gasteiger charge is 2.44. The van der Waals surface area contributed by atoms with Crippen molar-refractivity contribution in [2.45, 2.75) is 25.3 Å². The van der Waals surface area contributed by atoms with Crippen molar-refractivity contribution < 1.29 is 19.5 Å². The van der Waals surface area contributed by atoms with E-state index in [1.165, 1.54) is 4.90 Å². The molecule has 2 heterocycles. The van der Waals surface area contributed by atoms with Crippen LogP contribution >= 0.6 is 15.9 Å². The Bertz CT molecular complexity index is 663. The summed E-state index contributed by atoms with van der Waals surface area (Å²) < 4.78 is 0.797. The number of aliphatic carboxylic acids is 1. The van der Waals surface area contributed by atoms with Gasteiger partial charge in [-0.2, -0.15) is 0 Å². The van der Waals surface area contributed by atoms with Gasteiger partial charge in [-0.15, -0.1) is 0 Å². The van der Waals surface area contributed by atoms with E-state index in [9.17, 15) is 19.5 Å². The minimum absolute atomic E-state index is 0.252. The summed E-state index contributed by atoms with van der Waals surface area (Å²) in [6, 6.07) is 6.57. The lowest BCUT2D eigenvalue weighted by atomic mass is 10.1. The summed E-state index contributed by atoms with van der Waals surface area (Å²) in [5, 5.41) is 9.21. The fraction of sp³-hybridized carbons (Fsp3) is 0.438. The smallest absolute Gasteiger partial charge is 0.326 e. The summed E-state index contributed by atoms with van der Waals surface area (Å²) >= 11 is 3.42. The predicted molar refractivity (Wildman–Crippen MR) is 87.0 cm³/mol. The Morgan fingerprint density at radius 3 is 2.61 bits per heavy atom. The highest BCUT2D eigenvalue weighted by atomic mass is 79.9. The lowest BCUT2D eigenvalue weighted by Crippen LogP contribution is -2.45. The maximum Gasteiger partial charge on any atom is 0.326 e. The number of para-hydroxylation sites is 1. The van der Waals surface area contributed by atoms with E-state index in [0.29, 0.717) is 32.4 Å². The lowest BCUT2D eigenvalue weighted by molar-refractivity contribution is -0.151. The fourth-order valence-corrected chi connectivity index (χ4v) is 3.81. The average molecular weight is 381 g/mol. The monoisotopic (exact) mass is 380 g/mol. The first-order chi connectivity index (χ1) is 11.0. The van der Waals surface area contributed by atoms with E-state index in [0.717, 1.165) is 10.2 Å². The molecule has 0 saturated carbocycles. The summed E-state index contributed by atoms with van der Waals surface area (Å²) in [7, 11) is 0. The molecular weight excluding hydrogens is 364 g/mol. The van der Waals surface area contributed by atoms with E-state index in [-0.39, 0.29) is 11.8 Å². The molecule has 122 valence electrons. The minimum atomic E-state index is -0.996. The fourth-order valence-electron chi connectivity index (χ4n) is 3.31. The maximum atomic E-state index is 12.6. The van der Waals surface area contributed by atoms with Gasteiger partial charge in [-0.1, -0.05) is 12.1 Å².